The zero-order chi connectivity index (χ0) is 17.9. The van der Waals surface area contributed by atoms with Crippen molar-refractivity contribution in [1.82, 2.24) is 0 Å². The minimum atomic E-state index is -0.132. The van der Waals surface area contributed by atoms with Gasteiger partial charge in [0, 0.05) is 49.5 Å². The van der Waals surface area contributed by atoms with Crippen LogP contribution in [0.25, 0.3) is 0 Å². The van der Waals surface area contributed by atoms with E-state index in [4.69, 9.17) is 0 Å². The predicted octanol–water partition coefficient (Wildman–Crippen LogP) is 5.67. The standard InChI is InChI=1S/C16H10NO.2C3H8.Y/c1-17-15-9-5-3-7-13(15)11-10-12-6-2-4-8-14(12)16(17)18;2*1-3-2;/h2-9H,1H2;2*3H2,1-2H3;/q-1;;;. The third-order valence-electron chi connectivity index (χ3n) is 2.93. The van der Waals surface area contributed by atoms with E-state index in [1.807, 2.05) is 42.5 Å². The molecule has 1 amide bonds. The number of benzene rings is 2. The van der Waals surface area contributed by atoms with Crippen molar-refractivity contribution < 1.29 is 37.5 Å². The summed E-state index contributed by atoms with van der Waals surface area (Å²) in [7, 11) is 3.84. The zero-order valence-corrected chi connectivity index (χ0v) is 18.5. The molecule has 0 saturated carbocycles. The number of hydrogen-bond acceptors (Lipinski definition) is 1. The largest absolute Gasteiger partial charge is 0.462 e. The Morgan fingerprint density at radius 2 is 1.28 bits per heavy atom. The number of anilines is 1. The van der Waals surface area contributed by atoms with Crippen LogP contribution in [-0.2, 0) is 32.7 Å². The Hall–Kier alpha value is -1.43. The molecule has 0 saturated heterocycles. The fraction of sp³-hybridized carbons (Fsp3) is 0.273. The van der Waals surface area contributed by atoms with Crippen LogP contribution in [0.5, 0.6) is 0 Å². The number of hydrogen-bond donors (Lipinski definition) is 0. The number of carbonyl (C=O) groups is 1. The van der Waals surface area contributed by atoms with Crippen LogP contribution in [0.2, 0.25) is 0 Å². The van der Waals surface area contributed by atoms with Gasteiger partial charge in [-0.2, -0.15) is 0 Å². The average Bonchev–Trinajstić information content (AvgIpc) is 2.60. The average molecular weight is 409 g/mol. The van der Waals surface area contributed by atoms with Gasteiger partial charge >= 0.3 is 0 Å². The maximum Gasteiger partial charge on any atom is 0.230 e. The minimum Gasteiger partial charge on any atom is -0.462 e. The van der Waals surface area contributed by atoms with Crippen molar-refractivity contribution in [3.05, 3.63) is 72.3 Å². The second-order valence-corrected chi connectivity index (χ2v) is 5.46. The molecule has 0 unspecified atom stereocenters. The second kappa shape index (κ2) is 12.9. The molecule has 2 aromatic carbocycles. The van der Waals surface area contributed by atoms with Gasteiger partial charge in [-0.05, 0) is 24.3 Å². The molecule has 1 aliphatic rings. The Balaban J connectivity index is 0.000000729. The van der Waals surface area contributed by atoms with Crippen LogP contribution in [0.3, 0.4) is 0 Å². The third-order valence-corrected chi connectivity index (χ3v) is 2.93. The minimum absolute atomic E-state index is 0. The van der Waals surface area contributed by atoms with Gasteiger partial charge < -0.3 is 4.90 Å². The van der Waals surface area contributed by atoms with Crippen molar-refractivity contribution in [3.8, 4) is 11.8 Å². The number of carbonyl (C=O) groups excluding carboxylic acids is 1. The number of nitrogens with zero attached hydrogens (tertiary/aromatic N) is 1. The first-order chi connectivity index (χ1) is 11.6. The summed E-state index contributed by atoms with van der Waals surface area (Å²) in [6, 6.07) is 14.9. The summed E-state index contributed by atoms with van der Waals surface area (Å²) in [5.41, 5.74) is 2.89. The normalized spacial score (nSPS) is 10.6. The summed E-state index contributed by atoms with van der Waals surface area (Å²) in [4.78, 5) is 13.8. The molecule has 0 aromatic heterocycles. The number of amides is 1. The van der Waals surface area contributed by atoms with Gasteiger partial charge in [0.05, 0.1) is 5.56 Å². The van der Waals surface area contributed by atoms with Gasteiger partial charge in [0.15, 0.2) is 0 Å². The van der Waals surface area contributed by atoms with Crippen molar-refractivity contribution in [3.63, 3.8) is 0 Å². The molecular formula is C22H26NOY-. The molecule has 0 fully saturated rings. The summed E-state index contributed by atoms with van der Waals surface area (Å²) in [5, 5.41) is 0. The van der Waals surface area contributed by atoms with Crippen LogP contribution in [-0.4, -0.2) is 5.91 Å². The van der Waals surface area contributed by atoms with Crippen molar-refractivity contribution in [2.75, 3.05) is 4.90 Å². The van der Waals surface area contributed by atoms with Gasteiger partial charge in [0.25, 0.3) is 0 Å². The van der Waals surface area contributed by atoms with Crippen molar-refractivity contribution >= 4 is 11.6 Å². The van der Waals surface area contributed by atoms with E-state index in [-0.39, 0.29) is 38.6 Å². The second-order valence-electron chi connectivity index (χ2n) is 5.46. The molecule has 0 spiro atoms. The molecule has 0 aliphatic carbocycles. The van der Waals surface area contributed by atoms with E-state index in [9.17, 15) is 4.79 Å². The summed E-state index contributed by atoms with van der Waals surface area (Å²) in [6.07, 6.45) is 2.50. The smallest absolute Gasteiger partial charge is 0.230 e. The van der Waals surface area contributed by atoms with Crippen molar-refractivity contribution in [2.45, 2.75) is 40.5 Å². The maximum atomic E-state index is 12.3. The monoisotopic (exact) mass is 409 g/mol. The molecule has 0 N–H and O–H groups in total. The SMILES string of the molecule is CCC.CCC.[CH2-]N1C(=O)c2ccccc2C#Cc2ccccc21.[Y]. The molecule has 3 rings (SSSR count). The van der Waals surface area contributed by atoms with Crippen LogP contribution in [0, 0.1) is 18.9 Å². The molecule has 2 nitrogen and oxygen atoms in total. The van der Waals surface area contributed by atoms with Gasteiger partial charge in [-0.1, -0.05) is 76.6 Å². The van der Waals surface area contributed by atoms with Crippen molar-refractivity contribution in [2.24, 2.45) is 0 Å². The van der Waals surface area contributed by atoms with E-state index in [1.165, 1.54) is 17.7 Å². The molecule has 0 bridgehead atoms. The fourth-order valence-corrected chi connectivity index (χ4v) is 1.98. The van der Waals surface area contributed by atoms with Crippen LogP contribution >= 0.6 is 0 Å². The molecule has 0 atom stereocenters. The fourth-order valence-electron chi connectivity index (χ4n) is 1.98. The molecule has 129 valence electrons. The molecule has 1 aliphatic heterocycles. The maximum absolute atomic E-state index is 12.3. The predicted molar refractivity (Wildman–Crippen MR) is 103 cm³/mol. The van der Waals surface area contributed by atoms with Crippen LogP contribution < -0.4 is 4.90 Å². The topological polar surface area (TPSA) is 20.3 Å². The molecule has 25 heavy (non-hydrogen) atoms. The van der Waals surface area contributed by atoms with E-state index in [0.717, 1.165) is 16.8 Å². The Kier molecular flexibility index (Phi) is 12.1. The Labute approximate surface area is 177 Å². The van der Waals surface area contributed by atoms with E-state index in [1.54, 1.807) is 6.07 Å². The number of para-hydroxylation sites is 1. The summed E-state index contributed by atoms with van der Waals surface area (Å²) in [6.45, 7) is 8.50. The number of fused-ring (bicyclic) bond motifs is 2. The molecule has 3 heteroatoms. The van der Waals surface area contributed by atoms with E-state index in [2.05, 4.69) is 46.6 Å². The van der Waals surface area contributed by atoms with Gasteiger partial charge in [-0.15, -0.1) is 0 Å². The quantitative estimate of drug-likeness (QED) is 0.406. The Morgan fingerprint density at radius 3 is 1.88 bits per heavy atom. The van der Waals surface area contributed by atoms with Crippen LogP contribution in [0.1, 0.15) is 62.0 Å². The van der Waals surface area contributed by atoms with Gasteiger partial charge in [0.2, 0.25) is 5.91 Å². The zero-order valence-electron chi connectivity index (χ0n) is 15.7. The molecule has 2 aromatic rings. The first kappa shape index (κ1) is 23.6. The van der Waals surface area contributed by atoms with Gasteiger partial charge in [-0.3, -0.25) is 4.79 Å². The first-order valence-corrected chi connectivity index (χ1v) is 8.45. The molecule has 1 heterocycles. The Morgan fingerprint density at radius 1 is 0.840 bits per heavy atom. The van der Waals surface area contributed by atoms with E-state index >= 15 is 0 Å². The number of rotatable bonds is 0. The third kappa shape index (κ3) is 6.77. The van der Waals surface area contributed by atoms with Crippen LogP contribution in [0.15, 0.2) is 48.5 Å². The van der Waals surface area contributed by atoms with Gasteiger partial charge in [-0.25, -0.2) is 7.05 Å². The van der Waals surface area contributed by atoms with Gasteiger partial charge in [0.1, 0.15) is 0 Å². The molecule has 1 radical (unpaired) electrons. The van der Waals surface area contributed by atoms with Crippen LogP contribution in [0.4, 0.5) is 5.69 Å². The van der Waals surface area contributed by atoms with E-state index in [0.29, 0.717) is 5.56 Å². The van der Waals surface area contributed by atoms with Crippen molar-refractivity contribution in [1.29, 1.82) is 0 Å². The first-order valence-electron chi connectivity index (χ1n) is 8.45. The Bertz CT molecular complexity index is 726. The summed E-state index contributed by atoms with van der Waals surface area (Å²) in [5.74, 6) is 6.00. The van der Waals surface area contributed by atoms with E-state index < -0.39 is 0 Å². The summed E-state index contributed by atoms with van der Waals surface area (Å²) < 4.78 is 0. The molecular weight excluding hydrogens is 383 g/mol. The summed E-state index contributed by atoms with van der Waals surface area (Å²) >= 11 is 0.